The Morgan fingerprint density at radius 1 is 0.929 bits per heavy atom. The highest BCUT2D eigenvalue weighted by atomic mass is 35.5. The first-order valence-electron chi connectivity index (χ1n) is 8.78. The van der Waals surface area contributed by atoms with Crippen molar-refractivity contribution in [3.63, 3.8) is 0 Å². The van der Waals surface area contributed by atoms with Crippen LogP contribution in [0.25, 0.3) is 0 Å². The monoisotopic (exact) mass is 443 g/mol. The first kappa shape index (κ1) is 21.3. The van der Waals surface area contributed by atoms with Gasteiger partial charge in [0.1, 0.15) is 0 Å². The number of hydrogen-bond acceptors (Lipinski definition) is 5. The molecule has 2 aromatic carbocycles. The molecule has 0 bridgehead atoms. The van der Waals surface area contributed by atoms with Gasteiger partial charge in [0.05, 0.1) is 15.9 Å². The predicted molar refractivity (Wildman–Crippen MR) is 107 cm³/mol. The molecule has 2 aromatic rings. The maximum Gasteiger partial charge on any atom is 0.297 e. The van der Waals surface area contributed by atoms with E-state index in [1.807, 2.05) is 13.8 Å². The third kappa shape index (κ3) is 4.41. The fourth-order valence-electron chi connectivity index (χ4n) is 3.13. The molecular formula is C19H22ClNO5S2. The molecule has 0 amide bonds. The molecule has 1 unspecified atom stereocenters. The van der Waals surface area contributed by atoms with Crippen molar-refractivity contribution in [3.8, 4) is 0 Å². The van der Waals surface area contributed by atoms with Crippen LogP contribution in [-0.4, -0.2) is 45.7 Å². The van der Waals surface area contributed by atoms with Crippen molar-refractivity contribution in [2.75, 3.05) is 12.4 Å². The Bertz CT molecular complexity index is 1030. The lowest BCUT2D eigenvalue weighted by Crippen LogP contribution is -2.37. The molecule has 3 rings (SSSR count). The zero-order valence-corrected chi connectivity index (χ0v) is 18.0. The molecule has 0 aliphatic carbocycles. The average Bonchev–Trinajstić information content (AvgIpc) is 3.05. The van der Waals surface area contributed by atoms with Gasteiger partial charge in [-0.25, -0.2) is 8.42 Å². The molecule has 0 saturated carbocycles. The van der Waals surface area contributed by atoms with Crippen LogP contribution >= 0.6 is 11.6 Å². The highest BCUT2D eigenvalue weighted by Crippen LogP contribution is 2.30. The Hall–Kier alpha value is -1.45. The van der Waals surface area contributed by atoms with Crippen LogP contribution in [0.5, 0.6) is 0 Å². The van der Waals surface area contributed by atoms with Crippen molar-refractivity contribution in [1.29, 1.82) is 0 Å². The van der Waals surface area contributed by atoms with E-state index in [-0.39, 0.29) is 28.6 Å². The van der Waals surface area contributed by atoms with Gasteiger partial charge in [-0.3, -0.25) is 4.18 Å². The van der Waals surface area contributed by atoms with E-state index < -0.39 is 32.3 Å². The summed E-state index contributed by atoms with van der Waals surface area (Å²) in [6, 6.07) is 12.3. The second-order valence-corrected chi connectivity index (χ2v) is 10.7. The predicted octanol–water partition coefficient (Wildman–Crippen LogP) is 3.08. The van der Waals surface area contributed by atoms with Crippen LogP contribution in [0.4, 0.5) is 0 Å². The highest BCUT2D eigenvalue weighted by Gasteiger charge is 2.42. The maximum absolute atomic E-state index is 13.0. The van der Waals surface area contributed by atoms with Gasteiger partial charge in [0.25, 0.3) is 10.1 Å². The molecule has 1 fully saturated rings. The van der Waals surface area contributed by atoms with E-state index >= 15 is 0 Å². The van der Waals surface area contributed by atoms with E-state index in [1.165, 1.54) is 28.6 Å². The summed E-state index contributed by atoms with van der Waals surface area (Å²) in [7, 11) is -7.80. The van der Waals surface area contributed by atoms with Gasteiger partial charge in [-0.2, -0.15) is 12.7 Å². The summed E-state index contributed by atoms with van der Waals surface area (Å²) in [6.45, 7) is 3.65. The molecule has 1 heterocycles. The van der Waals surface area contributed by atoms with Crippen LogP contribution in [-0.2, 0) is 24.3 Å². The molecule has 1 saturated heterocycles. The maximum atomic E-state index is 13.0. The van der Waals surface area contributed by atoms with Gasteiger partial charge in [0, 0.05) is 18.5 Å². The second-order valence-electron chi connectivity index (χ2n) is 6.92. The van der Waals surface area contributed by atoms with Crippen LogP contribution in [0.3, 0.4) is 0 Å². The zero-order chi connectivity index (χ0) is 20.5. The minimum atomic E-state index is -4.00. The lowest BCUT2D eigenvalue weighted by molar-refractivity contribution is 0.222. The minimum Gasteiger partial charge on any atom is -0.262 e. The van der Waals surface area contributed by atoms with Crippen LogP contribution < -0.4 is 0 Å². The van der Waals surface area contributed by atoms with Crippen molar-refractivity contribution in [3.05, 3.63) is 59.7 Å². The molecule has 9 heteroatoms. The van der Waals surface area contributed by atoms with Gasteiger partial charge in [-0.1, -0.05) is 35.4 Å². The number of nitrogens with zero attached hydrogens (tertiary/aromatic N) is 1. The molecular weight excluding hydrogens is 422 g/mol. The third-order valence-electron chi connectivity index (χ3n) is 4.70. The molecule has 28 heavy (non-hydrogen) atoms. The normalized spacial score (nSPS) is 21.1. The number of hydrogen-bond donors (Lipinski definition) is 0. The number of alkyl halides is 1. The largest absolute Gasteiger partial charge is 0.297 e. The number of sulfonamides is 1. The smallest absolute Gasteiger partial charge is 0.262 e. The Kier molecular flexibility index (Phi) is 6.17. The zero-order valence-electron chi connectivity index (χ0n) is 15.6. The molecule has 1 aliphatic rings. The van der Waals surface area contributed by atoms with Crippen molar-refractivity contribution < 1.29 is 21.0 Å². The van der Waals surface area contributed by atoms with E-state index in [2.05, 4.69) is 0 Å². The Morgan fingerprint density at radius 2 is 1.43 bits per heavy atom. The van der Waals surface area contributed by atoms with E-state index in [0.717, 1.165) is 11.1 Å². The van der Waals surface area contributed by atoms with Crippen molar-refractivity contribution >= 4 is 31.7 Å². The third-order valence-corrected chi connectivity index (χ3v) is 8.37. The van der Waals surface area contributed by atoms with Gasteiger partial charge in [0.15, 0.2) is 0 Å². The summed E-state index contributed by atoms with van der Waals surface area (Å²) in [5, 5.41) is 0. The number of rotatable bonds is 6. The van der Waals surface area contributed by atoms with E-state index in [0.29, 0.717) is 0 Å². The fourth-order valence-corrected chi connectivity index (χ4v) is 6.25. The highest BCUT2D eigenvalue weighted by molar-refractivity contribution is 7.89. The molecule has 1 aliphatic heterocycles. The van der Waals surface area contributed by atoms with Crippen molar-refractivity contribution in [1.82, 2.24) is 4.31 Å². The average molecular weight is 444 g/mol. The minimum absolute atomic E-state index is 0.0420. The van der Waals surface area contributed by atoms with Gasteiger partial charge >= 0.3 is 0 Å². The van der Waals surface area contributed by atoms with E-state index in [9.17, 15) is 16.8 Å². The van der Waals surface area contributed by atoms with Gasteiger partial charge in [-0.05, 0) is 44.5 Å². The summed E-state index contributed by atoms with van der Waals surface area (Å²) < 4.78 is 57.6. The molecule has 0 aromatic heterocycles. The summed E-state index contributed by atoms with van der Waals surface area (Å²) in [6.07, 6.45) is -0.588. The molecule has 0 radical (unpaired) electrons. The first-order valence-corrected chi connectivity index (χ1v) is 12.2. The number of benzene rings is 2. The lowest BCUT2D eigenvalue weighted by Gasteiger charge is -2.22. The molecule has 0 N–H and O–H groups in total. The first-order chi connectivity index (χ1) is 13.1. The molecule has 2 atom stereocenters. The summed E-state index contributed by atoms with van der Waals surface area (Å²) in [5.41, 5.74) is 1.87. The van der Waals surface area contributed by atoms with E-state index in [4.69, 9.17) is 15.8 Å². The Labute approximate surface area is 171 Å². The topological polar surface area (TPSA) is 80.8 Å². The summed E-state index contributed by atoms with van der Waals surface area (Å²) in [4.78, 5) is 0.190. The van der Waals surface area contributed by atoms with Crippen LogP contribution in [0.2, 0.25) is 0 Å². The summed E-state index contributed by atoms with van der Waals surface area (Å²) in [5.74, 6) is 0.0511. The molecule has 152 valence electrons. The van der Waals surface area contributed by atoms with Crippen molar-refractivity contribution in [2.45, 2.75) is 42.2 Å². The van der Waals surface area contributed by atoms with Gasteiger partial charge in [-0.15, -0.1) is 11.6 Å². The van der Waals surface area contributed by atoms with Crippen molar-refractivity contribution in [2.24, 2.45) is 0 Å². The van der Waals surface area contributed by atoms with Crippen LogP contribution in [0, 0.1) is 13.8 Å². The number of aryl methyl sites for hydroxylation is 2. The number of halogens is 1. The van der Waals surface area contributed by atoms with Gasteiger partial charge < -0.3 is 0 Å². The van der Waals surface area contributed by atoms with Crippen LogP contribution in [0.1, 0.15) is 17.5 Å². The quantitative estimate of drug-likeness (QED) is 0.506. The fraction of sp³-hybridized carbons (Fsp3) is 0.368. The Morgan fingerprint density at radius 3 is 1.93 bits per heavy atom. The van der Waals surface area contributed by atoms with Gasteiger partial charge in [0.2, 0.25) is 10.0 Å². The molecule has 0 spiro atoms. The SMILES string of the molecule is Cc1ccc(S(=O)(=O)OC2C[C@@H](CCl)N(S(=O)(=O)c3ccc(C)cc3)C2)cc1. The Balaban J connectivity index is 1.81. The summed E-state index contributed by atoms with van der Waals surface area (Å²) >= 11 is 5.98. The van der Waals surface area contributed by atoms with Crippen LogP contribution in [0.15, 0.2) is 58.3 Å². The molecule has 6 nitrogen and oxygen atoms in total. The van der Waals surface area contributed by atoms with E-state index in [1.54, 1.807) is 24.3 Å². The second kappa shape index (κ2) is 8.12. The lowest BCUT2D eigenvalue weighted by atomic mass is 10.2. The standard InChI is InChI=1S/C19H22ClNO5S2/c1-14-3-7-18(8-4-14)27(22,23)21-13-17(11-16(21)12-20)26-28(24,25)19-9-5-15(2)6-10-19/h3-10,16-17H,11-13H2,1-2H3/t16-,17?/m0/s1.